The Bertz CT molecular complexity index is 1100. The van der Waals surface area contributed by atoms with Gasteiger partial charge in [-0.2, -0.15) is 0 Å². The minimum absolute atomic E-state index is 0.158. The minimum Gasteiger partial charge on any atom is -0.361 e. The second-order valence-electron chi connectivity index (χ2n) is 6.31. The molecule has 8 heteroatoms. The maximum absolute atomic E-state index is 12.6. The molecule has 0 atom stereocenters. The van der Waals surface area contributed by atoms with E-state index in [1.165, 1.54) is 12.1 Å². The van der Waals surface area contributed by atoms with E-state index in [4.69, 9.17) is 16.1 Å². The third-order valence-electron chi connectivity index (χ3n) is 4.50. The molecule has 0 spiro atoms. The summed E-state index contributed by atoms with van der Waals surface area (Å²) < 4.78 is 5.00. The van der Waals surface area contributed by atoms with Crippen LogP contribution in [0.1, 0.15) is 42.5 Å². The molecule has 3 amide bonds. The van der Waals surface area contributed by atoms with Crippen LogP contribution in [0.5, 0.6) is 0 Å². The van der Waals surface area contributed by atoms with Crippen LogP contribution in [0.2, 0.25) is 5.02 Å². The van der Waals surface area contributed by atoms with Gasteiger partial charge < -0.3 is 9.84 Å². The molecule has 28 heavy (non-hydrogen) atoms. The number of fused-ring (bicyclic) bond motifs is 1. The zero-order valence-electron chi connectivity index (χ0n) is 14.9. The summed E-state index contributed by atoms with van der Waals surface area (Å²) in [4.78, 5) is 38.7. The molecule has 0 bridgehead atoms. The first-order valence-electron chi connectivity index (χ1n) is 8.40. The largest absolute Gasteiger partial charge is 0.361 e. The first kappa shape index (κ1) is 17.9. The summed E-state index contributed by atoms with van der Waals surface area (Å²) in [5, 5.41) is 6.63. The SMILES string of the molecule is Cc1noc(C)c1C(=O)Nc1ccc(N2C(=O)c3ccccc3C2=O)c(Cl)c1. The number of aryl methyl sites for hydroxylation is 2. The molecular formula is C20H14ClN3O4. The van der Waals surface area contributed by atoms with Gasteiger partial charge in [0.25, 0.3) is 17.7 Å². The maximum Gasteiger partial charge on any atom is 0.266 e. The lowest BCUT2D eigenvalue weighted by atomic mass is 10.1. The molecule has 1 aliphatic heterocycles. The van der Waals surface area contributed by atoms with Gasteiger partial charge in [-0.25, -0.2) is 4.90 Å². The van der Waals surface area contributed by atoms with Gasteiger partial charge in [0.15, 0.2) is 0 Å². The number of carbonyl (C=O) groups excluding carboxylic acids is 3. The summed E-state index contributed by atoms with van der Waals surface area (Å²) in [5.41, 5.74) is 2.15. The highest BCUT2D eigenvalue weighted by atomic mass is 35.5. The summed E-state index contributed by atoms with van der Waals surface area (Å²) in [7, 11) is 0. The lowest BCUT2D eigenvalue weighted by Gasteiger charge is -2.16. The highest BCUT2D eigenvalue weighted by Crippen LogP contribution is 2.35. The van der Waals surface area contributed by atoms with Crippen LogP contribution < -0.4 is 10.2 Å². The van der Waals surface area contributed by atoms with Crippen LogP contribution in [0.25, 0.3) is 0 Å². The van der Waals surface area contributed by atoms with E-state index >= 15 is 0 Å². The molecule has 7 nitrogen and oxygen atoms in total. The predicted octanol–water partition coefficient (Wildman–Crippen LogP) is 4.00. The number of imide groups is 1. The van der Waals surface area contributed by atoms with E-state index < -0.39 is 11.8 Å². The quantitative estimate of drug-likeness (QED) is 0.676. The second-order valence-corrected chi connectivity index (χ2v) is 6.72. The average Bonchev–Trinajstić information content (AvgIpc) is 3.13. The molecule has 1 aromatic heterocycles. The van der Waals surface area contributed by atoms with Crippen LogP contribution >= 0.6 is 11.6 Å². The number of carbonyl (C=O) groups is 3. The number of hydrogen-bond acceptors (Lipinski definition) is 5. The lowest BCUT2D eigenvalue weighted by Crippen LogP contribution is -2.29. The van der Waals surface area contributed by atoms with Gasteiger partial charge in [-0.3, -0.25) is 14.4 Å². The molecule has 140 valence electrons. The normalized spacial score (nSPS) is 13.0. The van der Waals surface area contributed by atoms with Gasteiger partial charge in [0.2, 0.25) is 0 Å². The summed E-state index contributed by atoms with van der Waals surface area (Å²) >= 11 is 6.33. The summed E-state index contributed by atoms with van der Waals surface area (Å²) in [6, 6.07) is 11.2. The number of aromatic nitrogens is 1. The first-order valence-corrected chi connectivity index (χ1v) is 8.78. The van der Waals surface area contributed by atoms with Crippen molar-refractivity contribution in [3.05, 3.63) is 75.6 Å². The Morgan fingerprint density at radius 1 is 1.07 bits per heavy atom. The Balaban J connectivity index is 1.62. The summed E-state index contributed by atoms with van der Waals surface area (Å²) in [6.45, 7) is 3.32. The smallest absolute Gasteiger partial charge is 0.266 e. The lowest BCUT2D eigenvalue weighted by molar-refractivity contribution is 0.0924. The van der Waals surface area contributed by atoms with Crippen LogP contribution in [0.15, 0.2) is 47.0 Å². The van der Waals surface area contributed by atoms with E-state index in [9.17, 15) is 14.4 Å². The van der Waals surface area contributed by atoms with Crippen molar-refractivity contribution in [2.24, 2.45) is 0 Å². The molecule has 0 unspecified atom stereocenters. The Labute approximate surface area is 164 Å². The fraction of sp³-hybridized carbons (Fsp3) is 0.100. The van der Waals surface area contributed by atoms with E-state index in [1.807, 2.05) is 0 Å². The molecular weight excluding hydrogens is 382 g/mol. The van der Waals surface area contributed by atoms with Gasteiger partial charge in [-0.05, 0) is 44.2 Å². The van der Waals surface area contributed by atoms with Crippen molar-refractivity contribution < 1.29 is 18.9 Å². The van der Waals surface area contributed by atoms with Gasteiger partial charge in [0.1, 0.15) is 11.3 Å². The number of nitrogens with zero attached hydrogens (tertiary/aromatic N) is 2. The molecule has 2 aromatic carbocycles. The first-order chi connectivity index (χ1) is 13.4. The minimum atomic E-state index is -0.435. The van der Waals surface area contributed by atoms with Gasteiger partial charge in [0, 0.05) is 5.69 Å². The predicted molar refractivity (Wildman–Crippen MR) is 103 cm³/mol. The number of hydrogen-bond donors (Lipinski definition) is 1. The Morgan fingerprint density at radius 3 is 2.25 bits per heavy atom. The average molecular weight is 396 g/mol. The van der Waals surface area contributed by atoms with Crippen LogP contribution in [0.3, 0.4) is 0 Å². The monoisotopic (exact) mass is 395 g/mol. The van der Waals surface area contributed by atoms with E-state index in [0.29, 0.717) is 33.8 Å². The van der Waals surface area contributed by atoms with Crippen LogP contribution in [-0.2, 0) is 0 Å². The fourth-order valence-corrected chi connectivity index (χ4v) is 3.44. The van der Waals surface area contributed by atoms with E-state index in [0.717, 1.165) is 4.90 Å². The number of nitrogens with one attached hydrogen (secondary N) is 1. The molecule has 1 aliphatic rings. The summed E-state index contributed by atoms with van der Waals surface area (Å²) in [5.74, 6) is -0.852. The van der Waals surface area contributed by atoms with Crippen molar-refractivity contribution in [2.45, 2.75) is 13.8 Å². The van der Waals surface area contributed by atoms with E-state index in [2.05, 4.69) is 10.5 Å². The highest BCUT2D eigenvalue weighted by molar-refractivity contribution is 6.40. The number of benzene rings is 2. The Hall–Kier alpha value is -3.45. The summed E-state index contributed by atoms with van der Waals surface area (Å²) in [6.07, 6.45) is 0. The van der Waals surface area contributed by atoms with Gasteiger partial charge >= 0.3 is 0 Å². The van der Waals surface area contributed by atoms with Crippen LogP contribution in [0, 0.1) is 13.8 Å². The van der Waals surface area contributed by atoms with E-state index in [1.54, 1.807) is 44.2 Å². The third kappa shape index (κ3) is 2.76. The molecule has 0 saturated carbocycles. The third-order valence-corrected chi connectivity index (χ3v) is 4.80. The van der Waals surface area contributed by atoms with Crippen molar-refractivity contribution in [1.29, 1.82) is 0 Å². The number of amides is 3. The standard InChI is InChI=1S/C20H14ClN3O4/c1-10-17(11(2)28-23-10)18(25)22-12-7-8-16(15(21)9-12)24-19(26)13-5-3-4-6-14(13)20(24)27/h3-9H,1-2H3,(H,22,25). The molecule has 3 aromatic rings. The second kappa shape index (κ2) is 6.61. The molecule has 4 rings (SSSR count). The molecule has 0 saturated heterocycles. The Morgan fingerprint density at radius 2 is 1.71 bits per heavy atom. The van der Waals surface area contributed by atoms with Gasteiger partial charge in [-0.1, -0.05) is 28.9 Å². The van der Waals surface area contributed by atoms with Gasteiger partial charge in [-0.15, -0.1) is 0 Å². The number of halogens is 1. The van der Waals surface area contributed by atoms with Crippen molar-refractivity contribution in [2.75, 3.05) is 10.2 Å². The zero-order chi connectivity index (χ0) is 20.0. The zero-order valence-corrected chi connectivity index (χ0v) is 15.7. The van der Waals surface area contributed by atoms with E-state index in [-0.39, 0.29) is 16.6 Å². The van der Waals surface area contributed by atoms with Crippen LogP contribution in [-0.4, -0.2) is 22.9 Å². The molecule has 0 aliphatic carbocycles. The van der Waals surface area contributed by atoms with Crippen LogP contribution in [0.4, 0.5) is 11.4 Å². The highest BCUT2D eigenvalue weighted by Gasteiger charge is 2.37. The topological polar surface area (TPSA) is 92.5 Å². The van der Waals surface area contributed by atoms with Crippen molar-refractivity contribution in [3.8, 4) is 0 Å². The fourth-order valence-electron chi connectivity index (χ4n) is 3.17. The maximum atomic E-state index is 12.6. The number of rotatable bonds is 3. The Kier molecular flexibility index (Phi) is 4.24. The molecule has 2 heterocycles. The molecule has 0 radical (unpaired) electrons. The number of anilines is 2. The molecule has 1 N–H and O–H groups in total. The van der Waals surface area contributed by atoms with Crippen molar-refractivity contribution in [3.63, 3.8) is 0 Å². The van der Waals surface area contributed by atoms with Gasteiger partial charge in [0.05, 0.1) is 27.5 Å². The van der Waals surface area contributed by atoms with Crippen molar-refractivity contribution in [1.82, 2.24) is 5.16 Å². The van der Waals surface area contributed by atoms with Crippen molar-refractivity contribution >= 4 is 40.7 Å². The molecule has 0 fully saturated rings.